The van der Waals surface area contributed by atoms with Crippen molar-refractivity contribution in [1.82, 2.24) is 14.9 Å². The Morgan fingerprint density at radius 2 is 2.40 bits per heavy atom. The fourth-order valence-electron chi connectivity index (χ4n) is 2.02. The second-order valence-electron chi connectivity index (χ2n) is 3.95. The van der Waals surface area contributed by atoms with E-state index in [-0.39, 0.29) is 0 Å². The van der Waals surface area contributed by atoms with Gasteiger partial charge in [0.15, 0.2) is 0 Å². The van der Waals surface area contributed by atoms with Gasteiger partial charge in [-0.2, -0.15) is 0 Å². The molecule has 1 aliphatic heterocycles. The van der Waals surface area contributed by atoms with Crippen LogP contribution >= 0.6 is 11.5 Å². The van der Waals surface area contributed by atoms with Crippen molar-refractivity contribution < 1.29 is 4.74 Å². The lowest BCUT2D eigenvalue weighted by Crippen LogP contribution is -2.23. The van der Waals surface area contributed by atoms with Gasteiger partial charge in [0.2, 0.25) is 0 Å². The molecule has 1 N–H and O–H groups in total. The molecular formula is C10H17N3OS. The molecule has 0 aromatic carbocycles. The van der Waals surface area contributed by atoms with Crippen molar-refractivity contribution in [2.45, 2.75) is 25.3 Å². The number of hydrogen-bond acceptors (Lipinski definition) is 5. The van der Waals surface area contributed by atoms with Gasteiger partial charge in [0.05, 0.1) is 11.1 Å². The van der Waals surface area contributed by atoms with Crippen molar-refractivity contribution in [3.05, 3.63) is 11.1 Å². The van der Waals surface area contributed by atoms with Gasteiger partial charge in [0, 0.05) is 19.3 Å². The largest absolute Gasteiger partial charge is 0.381 e. The number of nitrogens with zero attached hydrogens (tertiary/aromatic N) is 2. The van der Waals surface area contributed by atoms with E-state index < -0.39 is 0 Å². The van der Waals surface area contributed by atoms with E-state index in [4.69, 9.17) is 4.74 Å². The zero-order chi connectivity index (χ0) is 10.5. The van der Waals surface area contributed by atoms with E-state index >= 15 is 0 Å². The summed E-state index contributed by atoms with van der Waals surface area (Å²) < 4.78 is 9.27. The molecule has 5 heteroatoms. The smallest absolute Gasteiger partial charge is 0.0669 e. The van der Waals surface area contributed by atoms with Crippen LogP contribution in [0.5, 0.6) is 0 Å². The van der Waals surface area contributed by atoms with Crippen LogP contribution in [0, 0.1) is 5.92 Å². The molecule has 1 aromatic heterocycles. The Kier molecular flexibility index (Phi) is 4.05. The highest BCUT2D eigenvalue weighted by atomic mass is 32.1. The van der Waals surface area contributed by atoms with E-state index in [0.29, 0.717) is 6.04 Å². The van der Waals surface area contributed by atoms with Gasteiger partial charge in [-0.05, 0) is 43.8 Å². The lowest BCUT2D eigenvalue weighted by Gasteiger charge is -2.25. The summed E-state index contributed by atoms with van der Waals surface area (Å²) in [6.45, 7) is 1.84. The Labute approximate surface area is 94.2 Å². The third-order valence-electron chi connectivity index (χ3n) is 2.98. The van der Waals surface area contributed by atoms with Gasteiger partial charge in [0.1, 0.15) is 0 Å². The molecule has 1 aliphatic rings. The summed E-state index contributed by atoms with van der Waals surface area (Å²) >= 11 is 1.49. The summed E-state index contributed by atoms with van der Waals surface area (Å²) in [4.78, 5) is 1.24. The Balaban J connectivity index is 1.90. The van der Waals surface area contributed by atoms with Crippen LogP contribution in [0.25, 0.3) is 0 Å². The van der Waals surface area contributed by atoms with Crippen LogP contribution in [0.3, 0.4) is 0 Å². The first-order chi connectivity index (χ1) is 7.40. The van der Waals surface area contributed by atoms with Crippen molar-refractivity contribution in [2.75, 3.05) is 20.3 Å². The SMILES string of the molecule is CNC(CC1CCOCC1)c1cnns1. The normalized spacial score (nSPS) is 20.3. The number of hydrogen-bond donors (Lipinski definition) is 1. The predicted octanol–water partition coefficient (Wildman–Crippen LogP) is 1.62. The minimum absolute atomic E-state index is 0.410. The second kappa shape index (κ2) is 5.53. The molecule has 1 aromatic rings. The Morgan fingerprint density at radius 1 is 1.60 bits per heavy atom. The van der Waals surface area contributed by atoms with Crippen LogP contribution in [0.15, 0.2) is 6.20 Å². The second-order valence-corrected chi connectivity index (χ2v) is 4.77. The molecule has 2 heterocycles. The molecule has 1 atom stereocenters. The summed E-state index contributed by atoms with van der Waals surface area (Å²) in [5, 5.41) is 7.23. The van der Waals surface area contributed by atoms with Crippen molar-refractivity contribution in [1.29, 1.82) is 0 Å². The van der Waals surface area contributed by atoms with E-state index in [1.807, 2.05) is 13.2 Å². The number of nitrogens with one attached hydrogen (secondary N) is 1. The number of aromatic nitrogens is 2. The highest BCUT2D eigenvalue weighted by Crippen LogP contribution is 2.28. The zero-order valence-electron chi connectivity index (χ0n) is 8.98. The Bertz CT molecular complexity index is 272. The van der Waals surface area contributed by atoms with Gasteiger partial charge in [-0.25, -0.2) is 0 Å². The van der Waals surface area contributed by atoms with E-state index in [0.717, 1.165) is 19.1 Å². The fourth-order valence-corrected chi connectivity index (χ4v) is 2.64. The van der Waals surface area contributed by atoms with E-state index in [2.05, 4.69) is 14.9 Å². The van der Waals surface area contributed by atoms with Crippen molar-refractivity contribution >= 4 is 11.5 Å². The molecule has 0 radical (unpaired) electrons. The lowest BCUT2D eigenvalue weighted by molar-refractivity contribution is 0.0609. The van der Waals surface area contributed by atoms with Gasteiger partial charge in [-0.3, -0.25) is 0 Å². The monoisotopic (exact) mass is 227 g/mol. The molecule has 1 saturated heterocycles. The van der Waals surface area contributed by atoms with E-state index in [1.54, 1.807) is 0 Å². The Morgan fingerprint density at radius 3 is 3.00 bits per heavy atom. The van der Waals surface area contributed by atoms with Crippen LogP contribution in [0.2, 0.25) is 0 Å². The summed E-state index contributed by atoms with van der Waals surface area (Å²) in [5.41, 5.74) is 0. The molecule has 0 saturated carbocycles. The first kappa shape index (κ1) is 11.0. The van der Waals surface area contributed by atoms with Gasteiger partial charge in [-0.1, -0.05) is 4.49 Å². The topological polar surface area (TPSA) is 47.0 Å². The standard InChI is InChI=1S/C10H17N3OS/c1-11-9(10-7-12-13-15-10)6-8-2-4-14-5-3-8/h7-9,11H,2-6H2,1H3. The molecule has 0 aliphatic carbocycles. The zero-order valence-corrected chi connectivity index (χ0v) is 9.80. The third-order valence-corrected chi connectivity index (χ3v) is 3.76. The fraction of sp³-hybridized carbons (Fsp3) is 0.800. The number of ether oxygens (including phenoxy) is 1. The first-order valence-corrected chi connectivity index (χ1v) is 6.19. The molecule has 15 heavy (non-hydrogen) atoms. The molecule has 1 fully saturated rings. The molecular weight excluding hydrogens is 210 g/mol. The minimum atomic E-state index is 0.410. The highest BCUT2D eigenvalue weighted by molar-refractivity contribution is 7.05. The highest BCUT2D eigenvalue weighted by Gasteiger charge is 2.20. The van der Waals surface area contributed by atoms with E-state index in [1.165, 1.54) is 35.7 Å². The van der Waals surface area contributed by atoms with E-state index in [9.17, 15) is 0 Å². The Hall–Kier alpha value is -0.520. The van der Waals surface area contributed by atoms with Crippen LogP contribution in [-0.2, 0) is 4.74 Å². The lowest BCUT2D eigenvalue weighted by atomic mass is 9.92. The molecule has 84 valence electrons. The molecule has 0 amide bonds. The summed E-state index contributed by atoms with van der Waals surface area (Å²) in [7, 11) is 2.00. The molecule has 0 bridgehead atoms. The van der Waals surface area contributed by atoms with Gasteiger partial charge < -0.3 is 10.1 Å². The predicted molar refractivity (Wildman–Crippen MR) is 59.9 cm³/mol. The van der Waals surface area contributed by atoms with Gasteiger partial charge >= 0.3 is 0 Å². The number of rotatable bonds is 4. The maximum absolute atomic E-state index is 5.36. The van der Waals surface area contributed by atoms with Gasteiger partial charge in [0.25, 0.3) is 0 Å². The average molecular weight is 227 g/mol. The summed E-state index contributed by atoms with van der Waals surface area (Å²) in [6, 6.07) is 0.410. The third kappa shape index (κ3) is 2.96. The van der Waals surface area contributed by atoms with Crippen molar-refractivity contribution in [3.63, 3.8) is 0 Å². The van der Waals surface area contributed by atoms with Crippen LogP contribution in [-0.4, -0.2) is 29.8 Å². The quantitative estimate of drug-likeness (QED) is 0.849. The molecule has 2 rings (SSSR count). The van der Waals surface area contributed by atoms with Crippen LogP contribution in [0.1, 0.15) is 30.2 Å². The first-order valence-electron chi connectivity index (χ1n) is 5.42. The maximum Gasteiger partial charge on any atom is 0.0669 e. The molecule has 0 spiro atoms. The maximum atomic E-state index is 5.36. The molecule has 1 unspecified atom stereocenters. The average Bonchev–Trinajstić information content (AvgIpc) is 2.81. The van der Waals surface area contributed by atoms with Crippen molar-refractivity contribution in [3.8, 4) is 0 Å². The van der Waals surface area contributed by atoms with Crippen LogP contribution < -0.4 is 5.32 Å². The summed E-state index contributed by atoms with van der Waals surface area (Å²) in [5.74, 6) is 0.776. The van der Waals surface area contributed by atoms with Gasteiger partial charge in [-0.15, -0.1) is 5.10 Å². The van der Waals surface area contributed by atoms with Crippen LogP contribution in [0.4, 0.5) is 0 Å². The molecule has 4 nitrogen and oxygen atoms in total. The van der Waals surface area contributed by atoms with Crippen molar-refractivity contribution in [2.24, 2.45) is 5.92 Å². The summed E-state index contributed by atoms with van der Waals surface area (Å²) in [6.07, 6.45) is 5.41. The minimum Gasteiger partial charge on any atom is -0.381 e.